The number of nitriles is 2. The Bertz CT molecular complexity index is 8040. The normalized spacial score (nSPS) is 14.8. The van der Waals surface area contributed by atoms with E-state index in [0.717, 1.165) is 117 Å². The summed E-state index contributed by atoms with van der Waals surface area (Å²) in [7, 11) is 6.67. The summed E-state index contributed by atoms with van der Waals surface area (Å²) in [5, 5.41) is 27.3. The number of para-hydroxylation sites is 2. The fourth-order valence-corrected chi connectivity index (χ4v) is 17.8. The molecule has 15 aromatic rings. The Balaban J connectivity index is 0.000000138. The molecule has 3 atom stereocenters. The first-order chi connectivity index (χ1) is 65.4. The lowest BCUT2D eigenvalue weighted by atomic mass is 10.0. The van der Waals surface area contributed by atoms with Crippen molar-refractivity contribution < 1.29 is 0 Å². The number of likely N-dealkylation sites (N-methyl/N-ethyl adjacent to an activating group) is 1. The first-order valence-corrected chi connectivity index (χ1v) is 45.0. The maximum absolute atomic E-state index is 13.8. The van der Waals surface area contributed by atoms with Gasteiger partial charge in [0.2, 0.25) is 23.8 Å². The van der Waals surface area contributed by atoms with Crippen molar-refractivity contribution in [2.45, 2.75) is 170 Å². The van der Waals surface area contributed by atoms with Crippen molar-refractivity contribution >= 4 is 101 Å². The molecule has 10 aromatic heterocycles. The Morgan fingerprint density at radius 3 is 1.29 bits per heavy atom. The minimum absolute atomic E-state index is 0.000260. The monoisotopic (exact) mass is 1830 g/mol. The Hall–Kier alpha value is -15.9. The van der Waals surface area contributed by atoms with E-state index >= 15 is 0 Å². The number of anilines is 4. The number of benzene rings is 5. The Morgan fingerprint density at radius 1 is 0.434 bits per heavy atom. The van der Waals surface area contributed by atoms with Gasteiger partial charge in [-0.1, -0.05) is 103 Å². The molecular formula is C99H108N30O7. The quantitative estimate of drug-likeness (QED) is 0.0723. The lowest BCUT2D eigenvalue weighted by Crippen LogP contribution is -2.44. The van der Waals surface area contributed by atoms with Crippen LogP contribution in [0.4, 0.5) is 23.8 Å². The number of aryl methyl sites for hydroxylation is 5. The van der Waals surface area contributed by atoms with Crippen molar-refractivity contribution in [1.82, 2.24) is 95.3 Å². The second-order valence-electron chi connectivity index (χ2n) is 34.9. The van der Waals surface area contributed by atoms with Crippen molar-refractivity contribution in [3.63, 3.8) is 0 Å². The highest BCUT2D eigenvalue weighted by atomic mass is 16.2. The van der Waals surface area contributed by atoms with Gasteiger partial charge in [-0.05, 0) is 146 Å². The highest BCUT2D eigenvalue weighted by Crippen LogP contribution is 2.30. The van der Waals surface area contributed by atoms with Crippen LogP contribution in [0.3, 0.4) is 0 Å². The first kappa shape index (κ1) is 94.7. The molecule has 3 aliphatic heterocycles. The third-order valence-electron chi connectivity index (χ3n) is 24.4. The average Bonchev–Trinajstić information content (AvgIpc) is 1.61. The smallest absolute Gasteiger partial charge is 0.332 e. The molecule has 13 heterocycles. The molecule has 5 aromatic carbocycles. The van der Waals surface area contributed by atoms with E-state index in [2.05, 4.69) is 109 Å². The number of imidazole rings is 4. The Morgan fingerprint density at radius 2 is 0.831 bits per heavy atom. The lowest BCUT2D eigenvalue weighted by Gasteiger charge is -2.31. The third kappa shape index (κ3) is 19.5. The number of nitrogens with zero attached hydrogens (tertiary/aromatic N) is 26. The predicted molar refractivity (Wildman–Crippen MR) is 528 cm³/mol. The van der Waals surface area contributed by atoms with Gasteiger partial charge in [0, 0.05) is 120 Å². The molecule has 3 saturated heterocycles. The number of piperidine rings is 3. The summed E-state index contributed by atoms with van der Waals surface area (Å²) < 4.78 is 16.2. The van der Waals surface area contributed by atoms with Crippen LogP contribution in [0.25, 0.3) is 77.1 Å². The van der Waals surface area contributed by atoms with Gasteiger partial charge >= 0.3 is 17.1 Å². The van der Waals surface area contributed by atoms with Gasteiger partial charge in [0.25, 0.3) is 22.2 Å². The van der Waals surface area contributed by atoms with E-state index in [9.17, 15) is 44.1 Å². The van der Waals surface area contributed by atoms with Crippen molar-refractivity contribution in [1.29, 1.82) is 10.5 Å². The molecule has 18 rings (SSSR count). The van der Waals surface area contributed by atoms with Crippen LogP contribution in [0.15, 0.2) is 149 Å². The van der Waals surface area contributed by atoms with Crippen LogP contribution >= 0.6 is 0 Å². The molecule has 136 heavy (non-hydrogen) atoms. The van der Waals surface area contributed by atoms with E-state index in [1.807, 2.05) is 123 Å². The molecule has 37 nitrogen and oxygen atoms in total. The molecule has 0 saturated carbocycles. The molecule has 0 unspecified atom stereocenters. The van der Waals surface area contributed by atoms with Crippen LogP contribution in [0.1, 0.15) is 125 Å². The number of hydrogen-bond acceptors (Lipinski definition) is 26. The molecule has 0 bridgehead atoms. The SMILES string of the molecule is CC#CCn1c(N(C)CC(C)(C)N)nc2c1c(=O)n(Cc1nc(C)c3ccccc3n1)c(=O)n2C.CC#CCn1c(N2CCC[C@@H](N)C2)nc2c1c(=O)n(Cc1cc3ccccc3cc1C#N)c(=O)n2C.CC#CCn1c(N2CCC[C@@H](N)C2)nc2c1c(=O)n(Cc1ccccc1C#N)c(=O)n2C.CC#CCn1c(N2CCC[C@@H](N)C2)nc2cnn(Cc3nc(C)c4ccccc4n3)c(=O)c21. The number of nitrogens with two attached hydrogens (primary N) is 4. The van der Waals surface area contributed by atoms with Gasteiger partial charge < -0.3 is 42.5 Å². The number of rotatable bonds is 18. The zero-order chi connectivity index (χ0) is 96.7. The highest BCUT2D eigenvalue weighted by molar-refractivity contribution is 5.86. The number of fused-ring (bicyclic) bond motifs is 7. The van der Waals surface area contributed by atoms with Gasteiger partial charge in [0.1, 0.15) is 23.4 Å². The van der Waals surface area contributed by atoms with Gasteiger partial charge in [-0.2, -0.15) is 30.6 Å². The molecule has 0 amide bonds. The summed E-state index contributed by atoms with van der Waals surface area (Å²) in [6.45, 7) is 20.7. The highest BCUT2D eigenvalue weighted by Gasteiger charge is 2.32. The lowest BCUT2D eigenvalue weighted by molar-refractivity contribution is 0.496. The van der Waals surface area contributed by atoms with Crippen LogP contribution in [-0.2, 0) is 73.5 Å². The van der Waals surface area contributed by atoms with E-state index in [0.29, 0.717) is 129 Å². The predicted octanol–water partition coefficient (Wildman–Crippen LogP) is 5.93. The minimum Gasteiger partial charge on any atom is -0.343 e. The molecule has 696 valence electrons. The van der Waals surface area contributed by atoms with Gasteiger partial charge in [-0.25, -0.2) is 44.0 Å². The molecular weight excluding hydrogens is 1720 g/mol. The minimum atomic E-state index is -0.495. The second-order valence-corrected chi connectivity index (χ2v) is 34.9. The molecule has 3 fully saturated rings. The van der Waals surface area contributed by atoms with E-state index in [4.69, 9.17) is 32.9 Å². The summed E-state index contributed by atoms with van der Waals surface area (Å²) in [6, 6.07) is 38.2. The fourth-order valence-electron chi connectivity index (χ4n) is 17.8. The van der Waals surface area contributed by atoms with E-state index < -0.39 is 39.3 Å². The van der Waals surface area contributed by atoms with Crippen LogP contribution in [0.2, 0.25) is 0 Å². The van der Waals surface area contributed by atoms with Gasteiger partial charge in [-0.15, -0.1) is 23.7 Å². The van der Waals surface area contributed by atoms with E-state index in [-0.39, 0.29) is 69.5 Å². The summed E-state index contributed by atoms with van der Waals surface area (Å²) in [6.07, 6.45) is 7.34. The summed E-state index contributed by atoms with van der Waals surface area (Å²) >= 11 is 0. The van der Waals surface area contributed by atoms with Crippen molar-refractivity contribution in [3.8, 4) is 59.5 Å². The molecule has 0 radical (unpaired) electrons. The fraction of sp³-hybridized carbons (Fsp3) is 0.374. The summed E-state index contributed by atoms with van der Waals surface area (Å²) in [5.74, 6) is 27.1. The van der Waals surface area contributed by atoms with E-state index in [1.165, 1.54) is 23.0 Å². The summed E-state index contributed by atoms with van der Waals surface area (Å²) in [4.78, 5) is 140. The van der Waals surface area contributed by atoms with Crippen molar-refractivity contribution in [2.75, 3.05) is 72.5 Å². The first-order valence-electron chi connectivity index (χ1n) is 45.0. The zero-order valence-electron chi connectivity index (χ0n) is 78.3. The maximum Gasteiger partial charge on any atom is 0.332 e. The molecule has 37 heteroatoms. The van der Waals surface area contributed by atoms with Crippen LogP contribution in [0, 0.1) is 83.9 Å². The molecule has 0 aliphatic carbocycles. The Kier molecular flexibility index (Phi) is 28.3. The molecule has 0 spiro atoms. The van der Waals surface area contributed by atoms with Crippen LogP contribution in [-0.4, -0.2) is 172 Å². The molecule has 3 aliphatic rings. The van der Waals surface area contributed by atoms with Crippen molar-refractivity contribution in [2.24, 2.45) is 44.1 Å². The Labute approximate surface area is 782 Å². The summed E-state index contributed by atoms with van der Waals surface area (Å²) in [5.41, 5.74) is 29.5. The molecule has 8 N–H and O–H groups in total. The van der Waals surface area contributed by atoms with Gasteiger partial charge in [-0.3, -0.25) is 64.8 Å². The zero-order valence-corrected chi connectivity index (χ0v) is 78.3. The second kappa shape index (κ2) is 40.7. The standard InChI is InChI=1S/C27H27N7O2.C25H30N8O2.C24H26N8O.C23H25N7O2/c1-3-4-12-33-23-24(30-26(33)32-11-7-10-22(29)17-32)31(2)27(36)34(25(23)35)16-21-14-19-9-6-5-8-18(19)13-20(21)15-28;1-7-8-13-32-20-21(29-23(32)30(5)15-25(3,4)26)31(6)24(35)33(22(20)34)14-19-27-16(2)17-11-9-10-12-18(17)28-19;1-3-4-12-31-22-20(29-24(31)30-11-7-8-17(25)14-30)13-26-32(23(22)33)15-21-27-16(2)18-9-5-6-10-19(18)28-21;1-3-4-12-29-19-20(26-22(29)28-11-7-10-18(25)15-28)27(2)23(32)30(21(19)31)14-17-9-6-5-8-16(17)13-24/h5-6,8-9,13-14,22H,7,10-12,16-17,29H2,1-2H3;9-12H,13-15,26H2,1-6H3;5-6,9-10,13,17H,7-8,11-12,14-15,25H2,1-2H3;5-6,8-9,18H,7,10-12,14-15,25H2,1-2H3/t22-;;17-;18-/m1.11/s1. The maximum atomic E-state index is 13.8. The third-order valence-corrected chi connectivity index (χ3v) is 24.4. The van der Waals surface area contributed by atoms with Gasteiger partial charge in [0.15, 0.2) is 39.3 Å². The topological polar surface area (TPSA) is 454 Å². The van der Waals surface area contributed by atoms with Crippen molar-refractivity contribution in [3.05, 3.63) is 234 Å². The largest absolute Gasteiger partial charge is 0.343 e. The van der Waals surface area contributed by atoms with E-state index in [1.54, 1.807) is 99.1 Å². The number of aromatic nitrogens is 20. The average molecular weight is 1830 g/mol. The van der Waals surface area contributed by atoms with Crippen LogP contribution < -0.4 is 81.8 Å². The van der Waals surface area contributed by atoms with Gasteiger partial charge in [0.05, 0.1) is 86.3 Å². The number of hydrogen-bond donors (Lipinski definition) is 4. The van der Waals surface area contributed by atoms with Crippen LogP contribution in [0.5, 0.6) is 0 Å².